The van der Waals surface area contributed by atoms with Crippen LogP contribution in [0.15, 0.2) is 29.3 Å². The Balaban J connectivity index is 1.77. The zero-order valence-corrected chi connectivity index (χ0v) is 15.9. The fourth-order valence-electron chi connectivity index (χ4n) is 2.80. The van der Waals surface area contributed by atoms with E-state index in [1.54, 1.807) is 7.11 Å². The van der Waals surface area contributed by atoms with Gasteiger partial charge in [0.05, 0.1) is 7.11 Å². The first kappa shape index (κ1) is 19.6. The number of hydrogen-bond donors (Lipinski definition) is 2. The molecule has 1 aromatic rings. The third-order valence-corrected chi connectivity index (χ3v) is 4.72. The Morgan fingerprint density at radius 1 is 1.16 bits per heavy atom. The van der Waals surface area contributed by atoms with Crippen LogP contribution in [0.25, 0.3) is 0 Å². The van der Waals surface area contributed by atoms with Crippen molar-refractivity contribution in [1.82, 2.24) is 10.6 Å². The lowest BCUT2D eigenvalue weighted by Crippen LogP contribution is -2.38. The van der Waals surface area contributed by atoms with Gasteiger partial charge >= 0.3 is 0 Å². The number of aliphatic imine (C=N–C) groups is 1. The highest BCUT2D eigenvalue weighted by molar-refractivity contribution is 5.79. The van der Waals surface area contributed by atoms with E-state index in [1.165, 1.54) is 18.4 Å². The first-order chi connectivity index (χ1) is 12.2. The van der Waals surface area contributed by atoms with Gasteiger partial charge in [0.25, 0.3) is 0 Å². The average molecular weight is 348 g/mol. The van der Waals surface area contributed by atoms with Gasteiger partial charge in [0.15, 0.2) is 5.96 Å². The maximum atomic E-state index is 5.51. The van der Waals surface area contributed by atoms with Crippen molar-refractivity contribution >= 4 is 5.96 Å². The molecule has 1 aromatic carbocycles. The summed E-state index contributed by atoms with van der Waals surface area (Å²) in [6.07, 6.45) is 4.63. The lowest BCUT2D eigenvalue weighted by Gasteiger charge is -2.15. The summed E-state index contributed by atoms with van der Waals surface area (Å²) in [6.45, 7) is 8.43. The molecule has 1 fully saturated rings. The van der Waals surface area contributed by atoms with E-state index in [-0.39, 0.29) is 0 Å². The van der Waals surface area contributed by atoms with Gasteiger partial charge in [0.1, 0.15) is 5.75 Å². The van der Waals surface area contributed by atoms with Crippen LogP contribution in [0.5, 0.6) is 5.75 Å². The predicted octanol–water partition coefficient (Wildman–Crippen LogP) is 3.00. The summed E-state index contributed by atoms with van der Waals surface area (Å²) in [6, 6.07) is 8.22. The fraction of sp³-hybridized carbons (Fsp3) is 0.650. The number of methoxy groups -OCH3 is 1. The number of benzene rings is 1. The molecule has 0 aliphatic heterocycles. The van der Waals surface area contributed by atoms with Crippen molar-refractivity contribution in [3.05, 3.63) is 29.8 Å². The Kier molecular flexibility index (Phi) is 8.06. The summed E-state index contributed by atoms with van der Waals surface area (Å²) in [5.41, 5.74) is 1.67. The van der Waals surface area contributed by atoms with Crippen molar-refractivity contribution in [2.45, 2.75) is 39.5 Å². The van der Waals surface area contributed by atoms with E-state index in [2.05, 4.69) is 29.7 Å². The molecule has 0 spiro atoms. The van der Waals surface area contributed by atoms with Crippen molar-refractivity contribution in [1.29, 1.82) is 0 Å². The summed E-state index contributed by atoms with van der Waals surface area (Å²) in [4.78, 5) is 4.80. The monoisotopic (exact) mass is 347 g/mol. The average Bonchev–Trinajstić information content (AvgIpc) is 3.41. The normalized spacial score (nSPS) is 15.7. The number of rotatable bonds is 11. The Hall–Kier alpha value is -1.75. The molecule has 0 bridgehead atoms. The molecule has 0 heterocycles. The molecule has 25 heavy (non-hydrogen) atoms. The predicted molar refractivity (Wildman–Crippen MR) is 103 cm³/mol. The first-order valence-electron chi connectivity index (χ1n) is 9.44. The molecule has 0 saturated heterocycles. The Morgan fingerprint density at radius 3 is 2.52 bits per heavy atom. The van der Waals surface area contributed by atoms with Crippen LogP contribution >= 0.6 is 0 Å². The minimum Gasteiger partial charge on any atom is -0.497 e. The van der Waals surface area contributed by atoms with E-state index >= 15 is 0 Å². The lowest BCUT2D eigenvalue weighted by molar-refractivity contribution is 0.129. The Bertz CT molecular complexity index is 524. The first-order valence-corrected chi connectivity index (χ1v) is 9.44. The largest absolute Gasteiger partial charge is 0.497 e. The smallest absolute Gasteiger partial charge is 0.191 e. The molecule has 5 nitrogen and oxygen atoms in total. The van der Waals surface area contributed by atoms with Crippen LogP contribution in [0.3, 0.4) is 0 Å². The lowest BCUT2D eigenvalue weighted by atomic mass is 10.0. The minimum absolute atomic E-state index is 0.382. The van der Waals surface area contributed by atoms with Gasteiger partial charge in [-0.05, 0) is 62.6 Å². The fourth-order valence-corrected chi connectivity index (χ4v) is 2.80. The third-order valence-electron chi connectivity index (χ3n) is 4.72. The molecule has 1 aliphatic carbocycles. The molecule has 1 aliphatic rings. The van der Waals surface area contributed by atoms with Crippen LogP contribution in [0.1, 0.15) is 38.7 Å². The van der Waals surface area contributed by atoms with Crippen LogP contribution in [0.2, 0.25) is 0 Å². The van der Waals surface area contributed by atoms with E-state index in [0.717, 1.165) is 57.4 Å². The number of ether oxygens (including phenoxy) is 2. The summed E-state index contributed by atoms with van der Waals surface area (Å²) in [5.74, 6) is 1.81. The number of nitrogens with one attached hydrogen (secondary N) is 2. The summed E-state index contributed by atoms with van der Waals surface area (Å²) < 4.78 is 10.7. The van der Waals surface area contributed by atoms with Crippen LogP contribution < -0.4 is 15.4 Å². The molecule has 2 N–H and O–H groups in total. The van der Waals surface area contributed by atoms with Crippen molar-refractivity contribution in [2.75, 3.05) is 40.0 Å². The molecule has 0 atom stereocenters. The van der Waals surface area contributed by atoms with Gasteiger partial charge in [-0.3, -0.25) is 4.99 Å². The topological polar surface area (TPSA) is 54.9 Å². The molecule has 0 radical (unpaired) electrons. The van der Waals surface area contributed by atoms with E-state index in [1.807, 2.05) is 19.1 Å². The van der Waals surface area contributed by atoms with Crippen LogP contribution in [-0.2, 0) is 11.2 Å². The van der Waals surface area contributed by atoms with Crippen molar-refractivity contribution in [3.63, 3.8) is 0 Å². The molecule has 0 aromatic heterocycles. The molecule has 1 saturated carbocycles. The van der Waals surface area contributed by atoms with Gasteiger partial charge < -0.3 is 20.1 Å². The molecular weight excluding hydrogens is 314 g/mol. The summed E-state index contributed by atoms with van der Waals surface area (Å²) in [5, 5.41) is 6.78. The number of nitrogens with zero attached hydrogens (tertiary/aromatic N) is 1. The van der Waals surface area contributed by atoms with Crippen molar-refractivity contribution in [2.24, 2.45) is 10.4 Å². The van der Waals surface area contributed by atoms with E-state index in [0.29, 0.717) is 5.41 Å². The van der Waals surface area contributed by atoms with Crippen LogP contribution in [0, 0.1) is 5.41 Å². The maximum absolute atomic E-state index is 5.51. The SMILES string of the molecule is CCNC(=NCC1(CCOCC)CC1)NCCc1ccc(OC)cc1. The summed E-state index contributed by atoms with van der Waals surface area (Å²) in [7, 11) is 1.69. The minimum atomic E-state index is 0.382. The second-order valence-corrected chi connectivity index (χ2v) is 6.67. The van der Waals surface area contributed by atoms with Crippen molar-refractivity contribution in [3.8, 4) is 5.75 Å². The highest BCUT2D eigenvalue weighted by Gasteiger charge is 2.41. The molecule has 0 unspecified atom stereocenters. The van der Waals surface area contributed by atoms with Crippen LogP contribution in [0.4, 0.5) is 0 Å². The molecule has 5 heteroatoms. The maximum Gasteiger partial charge on any atom is 0.191 e. The quantitative estimate of drug-likeness (QED) is 0.367. The van der Waals surface area contributed by atoms with Crippen LogP contribution in [-0.4, -0.2) is 45.9 Å². The van der Waals surface area contributed by atoms with Gasteiger partial charge in [-0.1, -0.05) is 12.1 Å². The standard InChI is InChI=1S/C20H33N3O2/c1-4-21-19(23-16-20(11-12-20)13-15-25-5-2)22-14-10-17-6-8-18(24-3)9-7-17/h6-9H,4-5,10-16H2,1-3H3,(H2,21,22,23). The zero-order chi connectivity index (χ0) is 18.0. The van der Waals surface area contributed by atoms with Crippen molar-refractivity contribution < 1.29 is 9.47 Å². The van der Waals surface area contributed by atoms with Gasteiger partial charge in [0.2, 0.25) is 0 Å². The Labute approximate surface area is 152 Å². The highest BCUT2D eigenvalue weighted by atomic mass is 16.5. The molecule has 0 amide bonds. The highest BCUT2D eigenvalue weighted by Crippen LogP contribution is 2.48. The summed E-state index contributed by atoms with van der Waals surface area (Å²) >= 11 is 0. The number of hydrogen-bond acceptors (Lipinski definition) is 3. The molecule has 140 valence electrons. The zero-order valence-electron chi connectivity index (χ0n) is 15.9. The van der Waals surface area contributed by atoms with Gasteiger partial charge in [-0.15, -0.1) is 0 Å². The Morgan fingerprint density at radius 2 is 1.92 bits per heavy atom. The molecule has 2 rings (SSSR count). The number of guanidine groups is 1. The third kappa shape index (κ3) is 6.94. The van der Waals surface area contributed by atoms with Gasteiger partial charge in [-0.2, -0.15) is 0 Å². The van der Waals surface area contributed by atoms with Gasteiger partial charge in [0, 0.05) is 32.8 Å². The van der Waals surface area contributed by atoms with E-state index in [9.17, 15) is 0 Å². The van der Waals surface area contributed by atoms with Gasteiger partial charge in [-0.25, -0.2) is 0 Å². The second kappa shape index (κ2) is 10.3. The second-order valence-electron chi connectivity index (χ2n) is 6.67. The van der Waals surface area contributed by atoms with E-state index in [4.69, 9.17) is 14.5 Å². The molecular formula is C20H33N3O2. The van der Waals surface area contributed by atoms with E-state index < -0.39 is 0 Å².